The molecule has 1 saturated heterocycles. The van der Waals surface area contributed by atoms with Crippen molar-refractivity contribution in [1.29, 1.82) is 0 Å². The largest absolute Gasteiger partial charge is 0.356 e. The van der Waals surface area contributed by atoms with Crippen LogP contribution in [0, 0.1) is 5.92 Å². The quantitative estimate of drug-likeness (QED) is 0.724. The van der Waals surface area contributed by atoms with Gasteiger partial charge in [0, 0.05) is 32.0 Å². The van der Waals surface area contributed by atoms with Crippen LogP contribution in [-0.4, -0.2) is 58.9 Å². The van der Waals surface area contributed by atoms with Crippen LogP contribution in [-0.2, 0) is 14.3 Å². The van der Waals surface area contributed by atoms with Gasteiger partial charge in [-0.3, -0.25) is 14.6 Å². The molecule has 0 radical (unpaired) electrons. The van der Waals surface area contributed by atoms with Gasteiger partial charge in [0.05, 0.1) is 6.04 Å². The van der Waals surface area contributed by atoms with Gasteiger partial charge in [-0.05, 0) is 43.2 Å². The summed E-state index contributed by atoms with van der Waals surface area (Å²) in [5.41, 5.74) is 0.875. The zero-order chi connectivity index (χ0) is 19.5. The highest BCUT2D eigenvalue weighted by Crippen LogP contribution is 2.39. The molecule has 2 heterocycles. The molecule has 2 amide bonds. The Kier molecular flexibility index (Phi) is 5.95. The zero-order valence-electron chi connectivity index (χ0n) is 16.8. The molecule has 28 heavy (non-hydrogen) atoms. The third kappa shape index (κ3) is 4.22. The molecule has 0 unspecified atom stereocenters. The van der Waals surface area contributed by atoms with Crippen molar-refractivity contribution in [2.24, 2.45) is 5.92 Å². The van der Waals surface area contributed by atoms with E-state index >= 15 is 0 Å². The molecule has 6 nitrogen and oxygen atoms in total. The van der Waals surface area contributed by atoms with Gasteiger partial charge in [-0.1, -0.05) is 31.7 Å². The summed E-state index contributed by atoms with van der Waals surface area (Å²) in [6.07, 6.45) is 12.4. The maximum atomic E-state index is 13.2. The van der Waals surface area contributed by atoms with Crippen molar-refractivity contribution in [3.8, 4) is 0 Å². The standard InChI is InChI=1S/C22H31N3O3/c1-24(13-5-8-16-6-2-3-7-16)22(27)21-20(17-9-4-12-23-14-17)25(18-10-11-18)19(26)15-28-21/h4,9,12,14,16,18,20-21H,2-3,5-8,10-11,13,15H2,1H3/t20-,21+/m1/s1. The summed E-state index contributed by atoms with van der Waals surface area (Å²) in [7, 11) is 1.86. The molecule has 2 aliphatic carbocycles. The second-order valence-corrected chi connectivity index (χ2v) is 8.55. The third-order valence-electron chi connectivity index (χ3n) is 6.43. The Balaban J connectivity index is 1.45. The van der Waals surface area contributed by atoms with E-state index in [1.165, 1.54) is 32.1 Å². The number of carbonyl (C=O) groups is 2. The van der Waals surface area contributed by atoms with E-state index in [0.29, 0.717) is 0 Å². The number of nitrogens with zero attached hydrogens (tertiary/aromatic N) is 3. The Morgan fingerprint density at radius 1 is 1.29 bits per heavy atom. The number of aromatic nitrogens is 1. The first-order valence-corrected chi connectivity index (χ1v) is 10.7. The van der Waals surface area contributed by atoms with Crippen LogP contribution in [0.4, 0.5) is 0 Å². The number of pyridine rings is 1. The van der Waals surface area contributed by atoms with Gasteiger partial charge in [-0.15, -0.1) is 0 Å². The third-order valence-corrected chi connectivity index (χ3v) is 6.43. The lowest BCUT2D eigenvalue weighted by atomic mass is 9.97. The molecule has 6 heteroatoms. The van der Waals surface area contributed by atoms with Crippen molar-refractivity contribution >= 4 is 11.8 Å². The van der Waals surface area contributed by atoms with Gasteiger partial charge >= 0.3 is 0 Å². The van der Waals surface area contributed by atoms with Gasteiger partial charge in [-0.2, -0.15) is 0 Å². The molecule has 3 aliphatic rings. The maximum absolute atomic E-state index is 13.2. The summed E-state index contributed by atoms with van der Waals surface area (Å²) in [5, 5.41) is 0. The van der Waals surface area contributed by atoms with Gasteiger partial charge in [-0.25, -0.2) is 0 Å². The fourth-order valence-corrected chi connectivity index (χ4v) is 4.75. The van der Waals surface area contributed by atoms with Crippen molar-refractivity contribution in [1.82, 2.24) is 14.8 Å². The molecule has 0 bridgehead atoms. The predicted octanol–water partition coefficient (Wildman–Crippen LogP) is 2.94. The summed E-state index contributed by atoms with van der Waals surface area (Å²) in [6.45, 7) is 0.728. The number of hydrogen-bond acceptors (Lipinski definition) is 4. The van der Waals surface area contributed by atoms with Crippen LogP contribution in [0.5, 0.6) is 0 Å². The molecule has 0 spiro atoms. The fraction of sp³-hybridized carbons (Fsp3) is 0.682. The summed E-state index contributed by atoms with van der Waals surface area (Å²) >= 11 is 0. The van der Waals surface area contributed by atoms with Crippen molar-refractivity contribution in [3.63, 3.8) is 0 Å². The van der Waals surface area contributed by atoms with Crippen molar-refractivity contribution in [2.45, 2.75) is 69.6 Å². The van der Waals surface area contributed by atoms with Gasteiger partial charge in [0.2, 0.25) is 5.91 Å². The van der Waals surface area contributed by atoms with Crippen LogP contribution in [0.1, 0.15) is 63.0 Å². The summed E-state index contributed by atoms with van der Waals surface area (Å²) in [4.78, 5) is 33.7. The van der Waals surface area contributed by atoms with E-state index in [1.807, 2.05) is 24.1 Å². The minimum Gasteiger partial charge on any atom is -0.356 e. The SMILES string of the molecule is CN(CCCC1CCCC1)C(=O)[C@H]1OCC(=O)N(C2CC2)[C@@H]1c1cccnc1. The highest BCUT2D eigenvalue weighted by atomic mass is 16.5. The Morgan fingerprint density at radius 2 is 2.07 bits per heavy atom. The lowest BCUT2D eigenvalue weighted by molar-refractivity contribution is -0.169. The molecule has 0 aromatic carbocycles. The Labute approximate surface area is 167 Å². The van der Waals surface area contributed by atoms with Crippen LogP contribution in [0.25, 0.3) is 0 Å². The summed E-state index contributed by atoms with van der Waals surface area (Å²) < 4.78 is 5.82. The summed E-state index contributed by atoms with van der Waals surface area (Å²) in [6, 6.07) is 3.64. The number of ether oxygens (including phenoxy) is 1. The Bertz CT molecular complexity index is 686. The van der Waals surface area contributed by atoms with E-state index in [1.54, 1.807) is 17.3 Å². The molecule has 3 fully saturated rings. The Hall–Kier alpha value is -1.95. The smallest absolute Gasteiger partial charge is 0.253 e. The van der Waals surface area contributed by atoms with Gasteiger partial charge in [0.15, 0.2) is 6.10 Å². The highest BCUT2D eigenvalue weighted by Gasteiger charge is 2.48. The van der Waals surface area contributed by atoms with Crippen LogP contribution in [0.2, 0.25) is 0 Å². The number of amides is 2. The lowest BCUT2D eigenvalue weighted by Crippen LogP contribution is -2.55. The van der Waals surface area contributed by atoms with Crippen molar-refractivity contribution in [3.05, 3.63) is 30.1 Å². The normalized spacial score (nSPS) is 25.9. The average molecular weight is 386 g/mol. The van der Waals surface area contributed by atoms with E-state index in [4.69, 9.17) is 4.74 Å². The minimum absolute atomic E-state index is 0.0143. The monoisotopic (exact) mass is 385 g/mol. The molecular formula is C22H31N3O3. The van der Waals surface area contributed by atoms with Crippen LogP contribution in [0.15, 0.2) is 24.5 Å². The fourth-order valence-electron chi connectivity index (χ4n) is 4.75. The van der Waals surface area contributed by atoms with E-state index in [9.17, 15) is 9.59 Å². The predicted molar refractivity (Wildman–Crippen MR) is 105 cm³/mol. The molecule has 4 rings (SSSR count). The first-order valence-electron chi connectivity index (χ1n) is 10.7. The van der Waals surface area contributed by atoms with Gasteiger partial charge in [0.1, 0.15) is 6.61 Å². The number of rotatable bonds is 7. The number of likely N-dealkylation sites (N-methyl/N-ethyl adjacent to an activating group) is 1. The molecule has 1 aliphatic heterocycles. The van der Waals surface area contributed by atoms with E-state index in [0.717, 1.165) is 37.3 Å². The molecule has 152 valence electrons. The van der Waals surface area contributed by atoms with Gasteiger partial charge in [0.25, 0.3) is 5.91 Å². The maximum Gasteiger partial charge on any atom is 0.253 e. The van der Waals surface area contributed by atoms with Crippen LogP contribution >= 0.6 is 0 Å². The second-order valence-electron chi connectivity index (χ2n) is 8.55. The average Bonchev–Trinajstić information content (AvgIpc) is 3.42. The molecule has 0 N–H and O–H groups in total. The van der Waals surface area contributed by atoms with E-state index < -0.39 is 6.10 Å². The van der Waals surface area contributed by atoms with E-state index in [2.05, 4.69) is 4.98 Å². The second kappa shape index (κ2) is 8.60. The first-order chi connectivity index (χ1) is 13.6. The molecule has 1 aromatic heterocycles. The molecule has 2 saturated carbocycles. The topological polar surface area (TPSA) is 62.7 Å². The highest BCUT2D eigenvalue weighted by molar-refractivity contribution is 5.86. The van der Waals surface area contributed by atoms with Crippen LogP contribution < -0.4 is 0 Å². The van der Waals surface area contributed by atoms with Crippen molar-refractivity contribution in [2.75, 3.05) is 20.2 Å². The van der Waals surface area contributed by atoms with Crippen LogP contribution in [0.3, 0.4) is 0 Å². The zero-order valence-corrected chi connectivity index (χ0v) is 16.8. The molecular weight excluding hydrogens is 354 g/mol. The summed E-state index contributed by atoms with van der Waals surface area (Å²) in [5.74, 6) is 0.781. The van der Waals surface area contributed by atoms with Gasteiger partial charge < -0.3 is 14.5 Å². The minimum atomic E-state index is -0.654. The first kappa shape index (κ1) is 19.4. The number of hydrogen-bond donors (Lipinski definition) is 0. The number of carbonyl (C=O) groups excluding carboxylic acids is 2. The lowest BCUT2D eigenvalue weighted by Gasteiger charge is -2.41. The number of morpholine rings is 1. The Morgan fingerprint density at radius 3 is 2.75 bits per heavy atom. The molecule has 1 aromatic rings. The van der Waals surface area contributed by atoms with Crippen molar-refractivity contribution < 1.29 is 14.3 Å². The molecule has 2 atom stereocenters. The van der Waals surface area contributed by atoms with E-state index in [-0.39, 0.29) is 30.5 Å².